The lowest BCUT2D eigenvalue weighted by Crippen LogP contribution is -2.48. The van der Waals surface area contributed by atoms with Crippen LogP contribution in [0.15, 0.2) is 10.3 Å². The predicted molar refractivity (Wildman–Crippen MR) is 53.8 cm³/mol. The van der Waals surface area contributed by atoms with Crippen LogP contribution in [0.1, 0.15) is 20.3 Å². The number of rotatable bonds is 1. The molecule has 1 rings (SSSR count). The predicted octanol–water partition coefficient (Wildman–Crippen LogP) is 1.27. The number of amidine groups is 1. The topological polar surface area (TPSA) is 107 Å². The smallest absolute Gasteiger partial charge is 0.254 e. The van der Waals surface area contributed by atoms with Crippen LogP contribution in [0.4, 0.5) is 0 Å². The van der Waals surface area contributed by atoms with Gasteiger partial charge in [-0.1, -0.05) is 11.8 Å². The highest BCUT2D eigenvalue weighted by Crippen LogP contribution is 2.28. The van der Waals surface area contributed by atoms with Crippen molar-refractivity contribution in [3.05, 3.63) is 10.4 Å². The molecule has 7 heteroatoms. The maximum atomic E-state index is 11.2. The summed E-state index contributed by atoms with van der Waals surface area (Å²) in [6.07, 6.45) is 0.285. The fraction of sp³-hybridized carbons (Fsp3) is 0.750. The molecular weight excluding hydrogens is 200 g/mol. The first-order valence-corrected chi connectivity index (χ1v) is 4.48. The Hall–Kier alpha value is -1.66. The van der Waals surface area contributed by atoms with Gasteiger partial charge in [-0.15, -0.1) is 0 Å². The van der Waals surface area contributed by atoms with Gasteiger partial charge in [0.25, 0.3) is 5.54 Å². The first kappa shape index (κ1) is 11.4. The van der Waals surface area contributed by atoms with Crippen molar-refractivity contribution in [2.75, 3.05) is 7.11 Å². The Morgan fingerprint density at radius 3 is 2.80 bits per heavy atom. The van der Waals surface area contributed by atoms with Gasteiger partial charge in [0, 0.05) is 19.3 Å². The second kappa shape index (κ2) is 3.84. The van der Waals surface area contributed by atoms with E-state index in [0.29, 0.717) is 5.90 Å². The van der Waals surface area contributed by atoms with Crippen molar-refractivity contribution in [3.63, 3.8) is 0 Å². The minimum Gasteiger partial charge on any atom is -0.739 e. The number of nitrogens with zero attached hydrogens (tertiary/aromatic N) is 3. The van der Waals surface area contributed by atoms with Gasteiger partial charge in [-0.3, -0.25) is 5.41 Å². The maximum absolute atomic E-state index is 11.2. The first-order valence-electron chi connectivity index (χ1n) is 4.48. The molecule has 2 unspecified atom stereocenters. The van der Waals surface area contributed by atoms with Gasteiger partial charge in [-0.25, -0.2) is 0 Å². The molecule has 0 radical (unpaired) electrons. The summed E-state index contributed by atoms with van der Waals surface area (Å²) in [7, 11) is 1.46. The standard InChI is InChI=1S/C8H14N4O3/c1-5-4-8(2,12(14)11-13)7(9)10-6(5)15-3/h5,9,13H,4H2,1-3H3/p-1/b9-7?,12-11-. The molecule has 0 aromatic heterocycles. The van der Waals surface area contributed by atoms with E-state index in [1.165, 1.54) is 14.0 Å². The van der Waals surface area contributed by atoms with E-state index in [0.717, 1.165) is 0 Å². The third-order valence-corrected chi connectivity index (χ3v) is 2.56. The number of hydrogen-bond acceptors (Lipinski definition) is 5. The van der Waals surface area contributed by atoms with Crippen LogP contribution < -0.4 is 0 Å². The van der Waals surface area contributed by atoms with Crippen LogP contribution in [0.3, 0.4) is 0 Å². The Bertz CT molecular complexity index is 339. The monoisotopic (exact) mass is 213 g/mol. The number of hydroxylamine groups is 1. The minimum atomic E-state index is -1.29. The van der Waals surface area contributed by atoms with Crippen LogP contribution in [0.2, 0.25) is 0 Å². The highest BCUT2D eigenvalue weighted by atomic mass is 16.6. The zero-order valence-corrected chi connectivity index (χ0v) is 8.85. The van der Waals surface area contributed by atoms with Crippen molar-refractivity contribution >= 4 is 11.7 Å². The molecule has 1 aliphatic rings. The summed E-state index contributed by atoms with van der Waals surface area (Å²) in [5, 5.41) is 31.3. The summed E-state index contributed by atoms with van der Waals surface area (Å²) < 4.78 is 4.96. The van der Waals surface area contributed by atoms with Gasteiger partial charge in [0.2, 0.25) is 0 Å². The van der Waals surface area contributed by atoms with Crippen molar-refractivity contribution in [1.29, 1.82) is 5.41 Å². The molecule has 0 saturated carbocycles. The lowest BCUT2D eigenvalue weighted by molar-refractivity contribution is -0.586. The molecule has 0 aliphatic carbocycles. The van der Waals surface area contributed by atoms with E-state index in [1.54, 1.807) is 0 Å². The lowest BCUT2D eigenvalue weighted by Gasteiger charge is -2.31. The second-order valence-electron chi connectivity index (χ2n) is 3.74. The minimum absolute atomic E-state index is 0.0121. The Kier molecular flexibility index (Phi) is 2.92. The molecule has 1 aliphatic heterocycles. The summed E-state index contributed by atoms with van der Waals surface area (Å²) in [5.41, 5.74) is -1.29. The molecule has 0 fully saturated rings. The van der Waals surface area contributed by atoms with Gasteiger partial charge >= 0.3 is 0 Å². The summed E-state index contributed by atoms with van der Waals surface area (Å²) in [6, 6.07) is 0. The lowest BCUT2D eigenvalue weighted by atomic mass is 9.86. The van der Waals surface area contributed by atoms with Crippen LogP contribution in [0.25, 0.3) is 0 Å². The Morgan fingerprint density at radius 1 is 1.73 bits per heavy atom. The van der Waals surface area contributed by atoms with E-state index in [9.17, 15) is 10.4 Å². The average molecular weight is 213 g/mol. The molecule has 0 saturated heterocycles. The summed E-state index contributed by atoms with van der Waals surface area (Å²) in [5.74, 6) is 0.0797. The first-order chi connectivity index (χ1) is 6.95. The third kappa shape index (κ3) is 1.77. The molecular formula is C8H13N4O3-. The Morgan fingerprint density at radius 2 is 2.33 bits per heavy atom. The summed E-state index contributed by atoms with van der Waals surface area (Å²) in [6.45, 7) is 3.28. The van der Waals surface area contributed by atoms with E-state index in [-0.39, 0.29) is 23.0 Å². The van der Waals surface area contributed by atoms with Gasteiger partial charge in [-0.05, 0) is 5.28 Å². The van der Waals surface area contributed by atoms with E-state index in [2.05, 4.69) is 10.3 Å². The van der Waals surface area contributed by atoms with E-state index in [1.807, 2.05) is 6.92 Å². The van der Waals surface area contributed by atoms with E-state index in [4.69, 9.17) is 10.1 Å². The summed E-state index contributed by atoms with van der Waals surface area (Å²) >= 11 is 0. The molecule has 1 heterocycles. The Labute approximate surface area is 87.1 Å². The number of nitrogens with one attached hydrogen (secondary N) is 1. The van der Waals surface area contributed by atoms with Crippen molar-refractivity contribution in [1.82, 2.24) is 0 Å². The third-order valence-electron chi connectivity index (χ3n) is 2.56. The van der Waals surface area contributed by atoms with Gasteiger partial charge in [0.05, 0.1) is 7.11 Å². The average Bonchev–Trinajstić information content (AvgIpc) is 2.22. The fourth-order valence-corrected chi connectivity index (χ4v) is 1.63. The normalized spacial score (nSPS) is 32.5. The highest BCUT2D eigenvalue weighted by molar-refractivity contribution is 6.00. The molecule has 0 aromatic carbocycles. The molecule has 15 heavy (non-hydrogen) atoms. The molecule has 1 N–H and O–H groups in total. The van der Waals surface area contributed by atoms with Gasteiger partial charge < -0.3 is 15.2 Å². The molecule has 0 spiro atoms. The van der Waals surface area contributed by atoms with Crippen molar-refractivity contribution in [3.8, 4) is 0 Å². The van der Waals surface area contributed by atoms with E-state index >= 15 is 0 Å². The number of methoxy groups -OCH3 is 1. The molecule has 0 aromatic rings. The molecule has 0 bridgehead atoms. The van der Waals surface area contributed by atoms with Gasteiger partial charge in [0.1, 0.15) is 0 Å². The van der Waals surface area contributed by atoms with Crippen molar-refractivity contribution < 1.29 is 9.60 Å². The molecule has 2 atom stereocenters. The van der Waals surface area contributed by atoms with Crippen LogP contribution >= 0.6 is 0 Å². The van der Waals surface area contributed by atoms with Crippen molar-refractivity contribution in [2.24, 2.45) is 16.2 Å². The second-order valence-corrected chi connectivity index (χ2v) is 3.74. The fourth-order valence-electron chi connectivity index (χ4n) is 1.63. The Balaban J connectivity index is 3.09. The molecule has 84 valence electrons. The largest absolute Gasteiger partial charge is 0.739 e. The molecule has 7 nitrogen and oxygen atoms in total. The van der Waals surface area contributed by atoms with Gasteiger partial charge in [0.15, 0.2) is 11.7 Å². The SMILES string of the molecule is COC1=NC(=N)C(C)(/[N+]([O-])=N/[O-])CC1C. The highest BCUT2D eigenvalue weighted by Gasteiger charge is 2.46. The number of hydrogen-bond donors (Lipinski definition) is 1. The summed E-state index contributed by atoms with van der Waals surface area (Å²) in [4.78, 5) is 3.83. The van der Waals surface area contributed by atoms with E-state index < -0.39 is 5.54 Å². The maximum Gasteiger partial charge on any atom is 0.254 e. The zero-order chi connectivity index (χ0) is 11.6. The van der Waals surface area contributed by atoms with Crippen LogP contribution in [-0.4, -0.2) is 29.2 Å². The van der Waals surface area contributed by atoms with Crippen molar-refractivity contribution in [2.45, 2.75) is 25.8 Å². The zero-order valence-electron chi connectivity index (χ0n) is 8.85. The molecule has 0 amide bonds. The number of ether oxygens (including phenoxy) is 1. The van der Waals surface area contributed by atoms with Gasteiger partial charge in [-0.2, -0.15) is 4.99 Å². The van der Waals surface area contributed by atoms with Crippen LogP contribution in [-0.2, 0) is 4.74 Å². The number of aliphatic imine (C=N–C) groups is 1. The van der Waals surface area contributed by atoms with Crippen LogP contribution in [0.5, 0.6) is 0 Å². The quantitative estimate of drug-likeness (QED) is 0.402. The van der Waals surface area contributed by atoms with Crippen LogP contribution in [0, 0.1) is 21.7 Å².